The number of rotatable bonds is 15. The van der Waals surface area contributed by atoms with E-state index in [-0.39, 0.29) is 43.5 Å². The minimum atomic E-state index is -0.169. The van der Waals surface area contributed by atoms with Gasteiger partial charge in [0.05, 0.1) is 0 Å². The molecule has 3 unspecified atom stereocenters. The fourth-order valence-corrected chi connectivity index (χ4v) is 6.93. The van der Waals surface area contributed by atoms with Crippen molar-refractivity contribution in [3.8, 4) is 0 Å². The first-order chi connectivity index (χ1) is 15.0. The van der Waals surface area contributed by atoms with E-state index in [9.17, 15) is 9.59 Å². The summed E-state index contributed by atoms with van der Waals surface area (Å²) in [5, 5.41) is 0. The summed E-state index contributed by atoms with van der Waals surface area (Å²) < 4.78 is 18.3. The number of esters is 1. The molecule has 0 N–H and O–H groups in total. The van der Waals surface area contributed by atoms with E-state index in [0.717, 1.165) is 68.0 Å². The van der Waals surface area contributed by atoms with E-state index in [2.05, 4.69) is 6.92 Å². The molecule has 0 spiro atoms. The Bertz CT molecular complexity index is 630. The number of Topliss-reactive ketones (excluding diaryl/α,β-unsaturated/α-hetero) is 1. The van der Waals surface area contributed by atoms with Crippen LogP contribution in [0.2, 0.25) is 0 Å². The van der Waals surface area contributed by atoms with Crippen molar-refractivity contribution in [1.29, 1.82) is 0 Å². The summed E-state index contributed by atoms with van der Waals surface area (Å²) in [5.74, 6) is 0.179. The van der Waals surface area contributed by atoms with Gasteiger partial charge in [0.2, 0.25) is 0 Å². The van der Waals surface area contributed by atoms with Crippen molar-refractivity contribution < 1.29 is 45.0 Å². The molecule has 0 aliphatic carbocycles. The van der Waals surface area contributed by atoms with E-state index in [1.54, 1.807) is 6.92 Å². The Morgan fingerprint density at radius 3 is 2.61 bits per heavy atom. The first-order valence-corrected chi connectivity index (χ1v) is 14.4. The van der Waals surface area contributed by atoms with Crippen molar-refractivity contribution in [2.24, 2.45) is 0 Å². The Labute approximate surface area is 197 Å². The number of unbranched alkanes of at least 4 members (excludes halogenated alkanes) is 3. The third kappa shape index (κ3) is 12.0. The van der Waals surface area contributed by atoms with Crippen molar-refractivity contribution in [1.82, 2.24) is 0 Å². The van der Waals surface area contributed by atoms with Crippen LogP contribution in [0.25, 0.3) is 0 Å². The Kier molecular flexibility index (Phi) is 13.3. The van der Waals surface area contributed by atoms with Gasteiger partial charge in [-0.05, 0) is 0 Å². The van der Waals surface area contributed by atoms with Crippen LogP contribution < -0.4 is 21.2 Å². The number of ketones is 1. The molecule has 1 aromatic carbocycles. The van der Waals surface area contributed by atoms with Crippen molar-refractivity contribution in [2.75, 3.05) is 11.0 Å². The van der Waals surface area contributed by atoms with Gasteiger partial charge in [-0.1, -0.05) is 6.07 Å². The summed E-state index contributed by atoms with van der Waals surface area (Å²) in [6.07, 6.45) is 8.66. The summed E-state index contributed by atoms with van der Waals surface area (Å²) in [6.45, 7) is 4.92. The molecule has 31 heavy (non-hydrogen) atoms. The molecule has 0 bridgehead atoms. The van der Waals surface area contributed by atoms with E-state index in [4.69, 9.17) is 14.2 Å². The van der Waals surface area contributed by atoms with Crippen LogP contribution in [0.4, 0.5) is 0 Å². The van der Waals surface area contributed by atoms with Gasteiger partial charge in [-0.25, -0.2) is 0 Å². The van der Waals surface area contributed by atoms with E-state index < -0.39 is 0 Å². The second-order valence-electron chi connectivity index (χ2n) is 8.21. The number of carbonyl (C=O) groups excluding carboxylic acids is 2. The van der Waals surface area contributed by atoms with Gasteiger partial charge in [-0.15, -0.1) is 0 Å². The summed E-state index contributed by atoms with van der Waals surface area (Å²) in [5.41, 5.74) is 1.02. The zero-order valence-electron chi connectivity index (χ0n) is 19.0. The zero-order chi connectivity index (χ0) is 22.3. The molecule has 3 atom stereocenters. The van der Waals surface area contributed by atoms with Crippen molar-refractivity contribution >= 4 is 11.8 Å². The van der Waals surface area contributed by atoms with Gasteiger partial charge in [0.25, 0.3) is 0 Å². The molecule has 1 saturated heterocycles. The number of benzene rings is 1. The van der Waals surface area contributed by atoms with Gasteiger partial charge in [-0.3, -0.25) is 0 Å². The standard InChI is InChI=1S/C25H38IO5/c1-20(31-25-15-9-11-17-29-25)18-23(21(2)27)26-16-10-4-3-8-14-24(28)30-19-22-12-6-5-7-13-22/h5-7,12-13,20,23,25H,3-4,8-11,14-19H2,1-2H3/q-1. The molecule has 1 aliphatic heterocycles. The van der Waals surface area contributed by atoms with Crippen LogP contribution >= 0.6 is 0 Å². The average Bonchev–Trinajstić information content (AvgIpc) is 2.77. The number of halogens is 1. The van der Waals surface area contributed by atoms with Crippen LogP contribution in [-0.2, 0) is 30.4 Å². The topological polar surface area (TPSA) is 61.8 Å². The predicted molar refractivity (Wildman–Crippen MR) is 117 cm³/mol. The third-order valence-corrected chi connectivity index (χ3v) is 9.14. The van der Waals surface area contributed by atoms with Crippen molar-refractivity contribution in [3.05, 3.63) is 35.9 Å². The number of hydrogen-bond acceptors (Lipinski definition) is 5. The second-order valence-corrected chi connectivity index (χ2v) is 11.7. The van der Waals surface area contributed by atoms with Crippen LogP contribution in [0.1, 0.15) is 77.2 Å². The van der Waals surface area contributed by atoms with Gasteiger partial charge < -0.3 is 0 Å². The normalized spacial score (nSPS) is 18.5. The van der Waals surface area contributed by atoms with Gasteiger partial charge in [0.1, 0.15) is 0 Å². The van der Waals surface area contributed by atoms with Gasteiger partial charge >= 0.3 is 192 Å². The number of carbonyl (C=O) groups is 2. The molecule has 176 valence electrons. The van der Waals surface area contributed by atoms with Gasteiger partial charge in [0, 0.05) is 0 Å². The fourth-order valence-electron chi connectivity index (χ4n) is 3.50. The molecule has 0 radical (unpaired) electrons. The molecule has 1 aliphatic rings. The van der Waals surface area contributed by atoms with E-state index in [0.29, 0.717) is 18.8 Å². The quantitative estimate of drug-likeness (QED) is 0.146. The van der Waals surface area contributed by atoms with E-state index in [1.807, 2.05) is 30.3 Å². The monoisotopic (exact) mass is 545 g/mol. The van der Waals surface area contributed by atoms with Crippen LogP contribution in [-0.4, -0.2) is 39.1 Å². The summed E-state index contributed by atoms with van der Waals surface area (Å²) in [6, 6.07) is 9.76. The molecule has 1 fully saturated rings. The van der Waals surface area contributed by atoms with Crippen molar-refractivity contribution in [2.45, 2.75) is 94.6 Å². The summed E-state index contributed by atoms with van der Waals surface area (Å²) in [7, 11) is 0. The Hall–Kier alpha value is -0.990. The Morgan fingerprint density at radius 1 is 1.13 bits per heavy atom. The fraction of sp³-hybridized carbons (Fsp3) is 0.680. The SMILES string of the molecule is CC(=O)C(CC(C)OC1CCCCO1)[I-]CCCCCCC(=O)OCc1ccccc1. The van der Waals surface area contributed by atoms with Gasteiger partial charge in [0.15, 0.2) is 0 Å². The molecule has 5 nitrogen and oxygen atoms in total. The Balaban J connectivity index is 1.50. The minimum absolute atomic E-state index is 0.0681. The first kappa shape index (κ1) is 26.3. The number of ether oxygens (including phenoxy) is 3. The maximum atomic E-state index is 12.1. The van der Waals surface area contributed by atoms with Crippen LogP contribution in [0.15, 0.2) is 30.3 Å². The van der Waals surface area contributed by atoms with Crippen LogP contribution in [0, 0.1) is 0 Å². The molecular formula is C25H38IO5-. The van der Waals surface area contributed by atoms with Crippen molar-refractivity contribution in [3.63, 3.8) is 0 Å². The van der Waals surface area contributed by atoms with E-state index in [1.165, 1.54) is 0 Å². The maximum absolute atomic E-state index is 12.1. The predicted octanol–water partition coefficient (Wildman–Crippen LogP) is 2.05. The van der Waals surface area contributed by atoms with Crippen LogP contribution in [0.5, 0.6) is 0 Å². The first-order valence-electron chi connectivity index (χ1n) is 11.6. The third-order valence-electron chi connectivity index (χ3n) is 5.30. The van der Waals surface area contributed by atoms with Gasteiger partial charge in [-0.2, -0.15) is 0 Å². The molecular weight excluding hydrogens is 507 g/mol. The zero-order valence-corrected chi connectivity index (χ0v) is 21.2. The molecule has 0 saturated carbocycles. The molecule has 6 heteroatoms. The summed E-state index contributed by atoms with van der Waals surface area (Å²) >= 11 is -0.169. The number of alkyl halides is 2. The molecule has 0 aromatic heterocycles. The number of hydrogen-bond donors (Lipinski definition) is 0. The molecule has 2 rings (SSSR count). The average molecular weight is 545 g/mol. The molecule has 1 heterocycles. The molecule has 0 amide bonds. The summed E-state index contributed by atoms with van der Waals surface area (Å²) in [4.78, 5) is 23.9. The second kappa shape index (κ2) is 15.8. The Morgan fingerprint density at radius 2 is 1.90 bits per heavy atom. The molecule has 1 aromatic rings. The van der Waals surface area contributed by atoms with Crippen LogP contribution in [0.3, 0.4) is 0 Å². The van der Waals surface area contributed by atoms with E-state index >= 15 is 0 Å².